The molecule has 7 heteroatoms. The SMILES string of the molecule is CCC(C)(C)C(=O)Nc1cc(C)cc(S(=O)(=O)Cl)c1OC. The molecule has 0 saturated carbocycles. The zero-order chi connectivity index (χ0) is 16.4. The minimum absolute atomic E-state index is 0.0378. The number of nitrogens with one attached hydrogen (secondary N) is 1. The Labute approximate surface area is 130 Å². The standard InChI is InChI=1S/C14H20ClNO4S/c1-6-14(3,4)13(17)16-10-7-9(2)8-11(12(10)20-5)21(15,18)19/h7-8H,6H2,1-5H3,(H,16,17). The van der Waals surface area contributed by atoms with Crippen molar-refractivity contribution in [3.63, 3.8) is 0 Å². The quantitative estimate of drug-likeness (QED) is 0.839. The molecule has 0 bridgehead atoms. The molecule has 1 rings (SSSR count). The molecule has 0 fully saturated rings. The highest BCUT2D eigenvalue weighted by Gasteiger charge is 2.28. The topological polar surface area (TPSA) is 72.5 Å². The van der Waals surface area contributed by atoms with Gasteiger partial charge in [-0.05, 0) is 31.0 Å². The molecule has 0 aliphatic carbocycles. The van der Waals surface area contributed by atoms with Gasteiger partial charge in [0.1, 0.15) is 4.90 Å². The van der Waals surface area contributed by atoms with E-state index in [-0.39, 0.29) is 16.6 Å². The maximum absolute atomic E-state index is 12.3. The highest BCUT2D eigenvalue weighted by atomic mass is 35.7. The normalized spacial score (nSPS) is 12.1. The summed E-state index contributed by atoms with van der Waals surface area (Å²) in [7, 11) is 2.78. The van der Waals surface area contributed by atoms with Crippen LogP contribution in [0.5, 0.6) is 5.75 Å². The van der Waals surface area contributed by atoms with Gasteiger partial charge in [0, 0.05) is 16.1 Å². The third-order valence-corrected chi connectivity index (χ3v) is 4.74. The van der Waals surface area contributed by atoms with Crippen molar-refractivity contribution in [2.24, 2.45) is 5.41 Å². The van der Waals surface area contributed by atoms with Gasteiger partial charge in [0.05, 0.1) is 12.8 Å². The number of rotatable bonds is 5. The number of hydrogen-bond acceptors (Lipinski definition) is 4. The lowest BCUT2D eigenvalue weighted by Gasteiger charge is -2.23. The number of halogens is 1. The summed E-state index contributed by atoms with van der Waals surface area (Å²) in [6.07, 6.45) is 0.646. The van der Waals surface area contributed by atoms with E-state index in [0.29, 0.717) is 17.7 Å². The van der Waals surface area contributed by atoms with Gasteiger partial charge in [-0.25, -0.2) is 8.42 Å². The van der Waals surface area contributed by atoms with Gasteiger partial charge in [-0.15, -0.1) is 0 Å². The van der Waals surface area contributed by atoms with Crippen LogP contribution in [0.25, 0.3) is 0 Å². The fourth-order valence-corrected chi connectivity index (χ4v) is 2.76. The van der Waals surface area contributed by atoms with Gasteiger partial charge in [0.2, 0.25) is 5.91 Å². The van der Waals surface area contributed by atoms with Crippen LogP contribution in [0, 0.1) is 12.3 Å². The van der Waals surface area contributed by atoms with Crippen LogP contribution in [0.2, 0.25) is 0 Å². The van der Waals surface area contributed by atoms with Crippen LogP contribution in [0.3, 0.4) is 0 Å². The summed E-state index contributed by atoms with van der Waals surface area (Å²) in [4.78, 5) is 12.1. The molecule has 21 heavy (non-hydrogen) atoms. The Balaban J connectivity index is 3.38. The van der Waals surface area contributed by atoms with Gasteiger partial charge < -0.3 is 10.1 Å². The number of anilines is 1. The predicted octanol–water partition coefficient (Wildman–Crippen LogP) is 3.31. The van der Waals surface area contributed by atoms with Crippen molar-refractivity contribution < 1.29 is 17.9 Å². The third kappa shape index (κ3) is 4.11. The summed E-state index contributed by atoms with van der Waals surface area (Å²) in [6, 6.07) is 3.05. The van der Waals surface area contributed by atoms with Crippen molar-refractivity contribution in [2.45, 2.75) is 39.0 Å². The van der Waals surface area contributed by atoms with Crippen molar-refractivity contribution >= 4 is 31.3 Å². The van der Waals surface area contributed by atoms with Gasteiger partial charge in [-0.3, -0.25) is 4.79 Å². The van der Waals surface area contributed by atoms with E-state index in [2.05, 4.69) is 5.32 Å². The van der Waals surface area contributed by atoms with Gasteiger partial charge >= 0.3 is 0 Å². The minimum Gasteiger partial charge on any atom is -0.493 e. The first-order chi connectivity index (χ1) is 9.52. The molecule has 5 nitrogen and oxygen atoms in total. The van der Waals surface area contributed by atoms with Crippen LogP contribution in [-0.4, -0.2) is 21.4 Å². The second-order valence-corrected chi connectivity index (χ2v) is 8.01. The van der Waals surface area contributed by atoms with Crippen LogP contribution in [-0.2, 0) is 13.8 Å². The molecule has 0 aromatic heterocycles. The number of carbonyl (C=O) groups is 1. The van der Waals surface area contributed by atoms with Crippen molar-refractivity contribution in [2.75, 3.05) is 12.4 Å². The second-order valence-electron chi connectivity index (χ2n) is 5.47. The average Bonchev–Trinajstić information content (AvgIpc) is 2.37. The van der Waals surface area contributed by atoms with Gasteiger partial charge in [0.15, 0.2) is 5.75 Å². The van der Waals surface area contributed by atoms with E-state index in [1.165, 1.54) is 13.2 Å². The van der Waals surface area contributed by atoms with Gasteiger partial charge in [-0.2, -0.15) is 0 Å². The number of carbonyl (C=O) groups excluding carboxylic acids is 1. The highest BCUT2D eigenvalue weighted by molar-refractivity contribution is 8.13. The number of methoxy groups -OCH3 is 1. The van der Waals surface area contributed by atoms with Crippen LogP contribution in [0.4, 0.5) is 5.69 Å². The zero-order valence-corrected chi connectivity index (χ0v) is 14.4. The molecule has 0 saturated heterocycles. The van der Waals surface area contributed by atoms with Crippen molar-refractivity contribution in [1.82, 2.24) is 0 Å². The Kier molecular flexibility index (Phi) is 5.28. The first-order valence-corrected chi connectivity index (χ1v) is 8.78. The molecule has 0 heterocycles. The molecule has 1 aromatic carbocycles. The van der Waals surface area contributed by atoms with Crippen LogP contribution in [0.1, 0.15) is 32.8 Å². The summed E-state index contributed by atoms with van der Waals surface area (Å²) in [5.41, 5.74) is 0.372. The summed E-state index contributed by atoms with van der Waals surface area (Å²) in [5, 5.41) is 2.72. The maximum Gasteiger partial charge on any atom is 0.265 e. The Bertz CT molecular complexity index is 653. The Morgan fingerprint density at radius 3 is 2.38 bits per heavy atom. The molecule has 0 unspecified atom stereocenters. The number of amides is 1. The first kappa shape index (κ1) is 17.8. The second kappa shape index (κ2) is 6.23. The van der Waals surface area contributed by atoms with E-state index in [0.717, 1.165) is 0 Å². The molecule has 0 aliphatic rings. The van der Waals surface area contributed by atoms with Crippen molar-refractivity contribution in [3.8, 4) is 5.75 Å². The van der Waals surface area contributed by atoms with E-state index in [9.17, 15) is 13.2 Å². The summed E-state index contributed by atoms with van der Waals surface area (Å²) >= 11 is 0. The summed E-state index contributed by atoms with van der Waals surface area (Å²) in [6.45, 7) is 7.24. The first-order valence-electron chi connectivity index (χ1n) is 6.47. The lowest BCUT2D eigenvalue weighted by atomic mass is 9.89. The summed E-state index contributed by atoms with van der Waals surface area (Å²) in [5.74, 6) is -0.178. The molecule has 0 spiro atoms. The smallest absolute Gasteiger partial charge is 0.265 e. The molecular weight excluding hydrogens is 314 g/mol. The van der Waals surface area contributed by atoms with Crippen molar-refractivity contribution in [3.05, 3.63) is 17.7 Å². The molecule has 0 aliphatic heterocycles. The summed E-state index contributed by atoms with van der Waals surface area (Å²) < 4.78 is 28.4. The van der Waals surface area contributed by atoms with E-state index in [1.807, 2.05) is 20.8 Å². The fraction of sp³-hybridized carbons (Fsp3) is 0.500. The number of hydrogen-bond donors (Lipinski definition) is 1. The van der Waals surface area contributed by atoms with E-state index < -0.39 is 14.5 Å². The van der Waals surface area contributed by atoms with Crippen molar-refractivity contribution in [1.29, 1.82) is 0 Å². The van der Waals surface area contributed by atoms with Crippen LogP contribution >= 0.6 is 10.7 Å². The highest BCUT2D eigenvalue weighted by Crippen LogP contribution is 2.36. The lowest BCUT2D eigenvalue weighted by Crippen LogP contribution is -2.30. The number of aryl methyl sites for hydroxylation is 1. The largest absolute Gasteiger partial charge is 0.493 e. The zero-order valence-electron chi connectivity index (χ0n) is 12.8. The molecule has 1 aromatic rings. The minimum atomic E-state index is -3.97. The number of ether oxygens (including phenoxy) is 1. The van der Waals surface area contributed by atoms with Gasteiger partial charge in [0.25, 0.3) is 9.05 Å². The van der Waals surface area contributed by atoms with E-state index >= 15 is 0 Å². The Hall–Kier alpha value is -1.27. The number of benzene rings is 1. The Morgan fingerprint density at radius 1 is 1.38 bits per heavy atom. The maximum atomic E-state index is 12.3. The molecule has 1 amide bonds. The molecule has 0 atom stereocenters. The fourth-order valence-electron chi connectivity index (χ4n) is 1.68. The third-order valence-electron chi connectivity index (χ3n) is 3.41. The molecular formula is C14H20ClNO4S. The van der Waals surface area contributed by atoms with E-state index in [1.54, 1.807) is 13.0 Å². The van der Waals surface area contributed by atoms with E-state index in [4.69, 9.17) is 15.4 Å². The molecule has 0 radical (unpaired) electrons. The van der Waals surface area contributed by atoms with Crippen LogP contribution in [0.15, 0.2) is 17.0 Å². The Morgan fingerprint density at radius 2 is 1.95 bits per heavy atom. The van der Waals surface area contributed by atoms with Crippen LogP contribution < -0.4 is 10.1 Å². The monoisotopic (exact) mass is 333 g/mol. The predicted molar refractivity (Wildman–Crippen MR) is 83.5 cm³/mol. The lowest BCUT2D eigenvalue weighted by molar-refractivity contribution is -0.124. The average molecular weight is 334 g/mol. The van der Waals surface area contributed by atoms with Gasteiger partial charge in [-0.1, -0.05) is 20.8 Å². The molecule has 1 N–H and O–H groups in total. The molecule has 118 valence electrons.